The van der Waals surface area contributed by atoms with Gasteiger partial charge in [0, 0.05) is 17.6 Å². The van der Waals surface area contributed by atoms with Gasteiger partial charge in [-0.1, -0.05) is 17.7 Å². The quantitative estimate of drug-likeness (QED) is 0.788. The van der Waals surface area contributed by atoms with E-state index in [-0.39, 0.29) is 10.9 Å². The summed E-state index contributed by atoms with van der Waals surface area (Å²) in [4.78, 5) is 0.194. The van der Waals surface area contributed by atoms with Gasteiger partial charge in [-0.05, 0) is 61.2 Å². The van der Waals surface area contributed by atoms with Crippen LogP contribution in [0.3, 0.4) is 0 Å². The lowest BCUT2D eigenvalue weighted by Crippen LogP contribution is -2.41. The summed E-state index contributed by atoms with van der Waals surface area (Å²) in [5.41, 5.74) is 5.66. The molecule has 1 saturated carbocycles. The summed E-state index contributed by atoms with van der Waals surface area (Å²) < 4.78 is 33.2. The van der Waals surface area contributed by atoms with Gasteiger partial charge in [-0.15, -0.1) is 0 Å². The largest absolute Gasteiger partial charge is 0.457 e. The average Bonchev–Trinajstić information content (AvgIpc) is 3.38. The highest BCUT2D eigenvalue weighted by Crippen LogP contribution is 2.33. The van der Waals surface area contributed by atoms with E-state index in [9.17, 15) is 8.42 Å². The molecule has 3 N–H and O–H groups in total. The van der Waals surface area contributed by atoms with E-state index in [1.807, 2.05) is 0 Å². The van der Waals surface area contributed by atoms with Crippen LogP contribution in [0.4, 0.5) is 0 Å². The Morgan fingerprint density at radius 1 is 1.17 bits per heavy atom. The molecule has 1 aliphatic rings. The predicted molar refractivity (Wildman–Crippen MR) is 93.9 cm³/mol. The minimum atomic E-state index is -3.58. The second kappa shape index (κ2) is 7.11. The standard InChI is InChI=1S/C17H19ClN2O3S/c18-13-2-1-3-15(10-13)23-14-6-8-16(9-7-14)24(21,22)20-17(11-19)12-4-5-12/h1-3,6-10,12,17,20H,4-5,11,19H2. The normalized spacial score (nSPS) is 15.9. The molecule has 1 fully saturated rings. The first-order valence-corrected chi connectivity index (χ1v) is 9.60. The fourth-order valence-electron chi connectivity index (χ4n) is 2.46. The molecule has 24 heavy (non-hydrogen) atoms. The second-order valence-electron chi connectivity index (χ2n) is 5.83. The summed E-state index contributed by atoms with van der Waals surface area (Å²) >= 11 is 5.91. The number of ether oxygens (including phenoxy) is 1. The van der Waals surface area contributed by atoms with E-state index in [2.05, 4.69) is 4.72 Å². The van der Waals surface area contributed by atoms with Crippen LogP contribution in [-0.4, -0.2) is 21.0 Å². The molecule has 5 nitrogen and oxygen atoms in total. The molecule has 0 aromatic heterocycles. The maximum atomic E-state index is 12.4. The molecule has 0 aliphatic heterocycles. The molecule has 1 atom stereocenters. The van der Waals surface area contributed by atoms with Gasteiger partial charge in [0.25, 0.3) is 0 Å². The number of nitrogens with one attached hydrogen (secondary N) is 1. The number of halogens is 1. The van der Waals surface area contributed by atoms with E-state index >= 15 is 0 Å². The third kappa shape index (κ3) is 4.27. The zero-order chi connectivity index (χ0) is 17.2. The van der Waals surface area contributed by atoms with Gasteiger partial charge >= 0.3 is 0 Å². The molecule has 0 spiro atoms. The first-order valence-electron chi connectivity index (χ1n) is 7.74. The van der Waals surface area contributed by atoms with Crippen LogP contribution in [0, 0.1) is 5.92 Å². The van der Waals surface area contributed by atoms with Crippen molar-refractivity contribution < 1.29 is 13.2 Å². The van der Waals surface area contributed by atoms with Gasteiger partial charge < -0.3 is 10.5 Å². The monoisotopic (exact) mass is 366 g/mol. The summed E-state index contributed by atoms with van der Waals surface area (Å²) in [6.07, 6.45) is 2.05. The number of rotatable bonds is 7. The summed E-state index contributed by atoms with van der Waals surface area (Å²) in [5.74, 6) is 1.48. The van der Waals surface area contributed by atoms with Gasteiger partial charge in [0.15, 0.2) is 0 Å². The SMILES string of the molecule is NCC(NS(=O)(=O)c1ccc(Oc2cccc(Cl)c2)cc1)C1CC1. The Labute approximate surface area is 146 Å². The van der Waals surface area contributed by atoms with Crippen molar-refractivity contribution in [1.82, 2.24) is 4.72 Å². The van der Waals surface area contributed by atoms with E-state index in [4.69, 9.17) is 22.1 Å². The molecule has 0 heterocycles. The second-order valence-corrected chi connectivity index (χ2v) is 7.98. The number of hydrogen-bond donors (Lipinski definition) is 2. The molecule has 3 rings (SSSR count). The van der Waals surface area contributed by atoms with Crippen LogP contribution in [0.5, 0.6) is 11.5 Å². The average molecular weight is 367 g/mol. The smallest absolute Gasteiger partial charge is 0.240 e. The predicted octanol–water partition coefficient (Wildman–Crippen LogP) is 3.15. The number of benzene rings is 2. The van der Waals surface area contributed by atoms with Crippen molar-refractivity contribution in [2.75, 3.05) is 6.54 Å². The first-order chi connectivity index (χ1) is 11.5. The van der Waals surface area contributed by atoms with Crippen LogP contribution in [0.1, 0.15) is 12.8 Å². The summed E-state index contributed by atoms with van der Waals surface area (Å²) in [7, 11) is -3.58. The molecular formula is C17H19ClN2O3S. The lowest BCUT2D eigenvalue weighted by Gasteiger charge is -2.16. The molecule has 2 aromatic rings. The van der Waals surface area contributed by atoms with Gasteiger partial charge in [0.1, 0.15) is 11.5 Å². The van der Waals surface area contributed by atoms with Crippen LogP contribution in [0.2, 0.25) is 5.02 Å². The van der Waals surface area contributed by atoms with E-state index < -0.39 is 10.0 Å². The van der Waals surface area contributed by atoms with Crippen LogP contribution < -0.4 is 15.2 Å². The highest BCUT2D eigenvalue weighted by molar-refractivity contribution is 7.89. The van der Waals surface area contributed by atoms with Gasteiger partial charge in [-0.25, -0.2) is 13.1 Å². The number of hydrogen-bond acceptors (Lipinski definition) is 4. The molecular weight excluding hydrogens is 348 g/mol. The Hall–Kier alpha value is -1.60. The lowest BCUT2D eigenvalue weighted by molar-refractivity contribution is 0.482. The van der Waals surface area contributed by atoms with Crippen molar-refractivity contribution in [3.05, 3.63) is 53.6 Å². The Kier molecular flexibility index (Phi) is 5.10. The molecule has 1 unspecified atom stereocenters. The van der Waals surface area contributed by atoms with Gasteiger partial charge in [0.2, 0.25) is 10.0 Å². The highest BCUT2D eigenvalue weighted by atomic mass is 35.5. The van der Waals surface area contributed by atoms with Crippen molar-refractivity contribution in [1.29, 1.82) is 0 Å². The van der Waals surface area contributed by atoms with E-state index in [1.54, 1.807) is 36.4 Å². The maximum Gasteiger partial charge on any atom is 0.240 e. The Balaban J connectivity index is 1.71. The number of nitrogens with two attached hydrogens (primary N) is 1. The minimum absolute atomic E-state index is 0.194. The third-order valence-electron chi connectivity index (χ3n) is 3.92. The van der Waals surface area contributed by atoms with Crippen molar-refractivity contribution in [2.24, 2.45) is 11.7 Å². The molecule has 0 amide bonds. The fourth-order valence-corrected chi connectivity index (χ4v) is 3.95. The first kappa shape index (κ1) is 17.2. The van der Waals surface area contributed by atoms with Crippen LogP contribution in [-0.2, 0) is 10.0 Å². The van der Waals surface area contributed by atoms with E-state index in [0.29, 0.717) is 29.0 Å². The molecule has 0 saturated heterocycles. The zero-order valence-corrected chi connectivity index (χ0v) is 14.6. The van der Waals surface area contributed by atoms with E-state index in [1.165, 1.54) is 12.1 Å². The summed E-state index contributed by atoms with van der Waals surface area (Å²) in [5, 5.41) is 0.573. The highest BCUT2D eigenvalue weighted by Gasteiger charge is 2.33. The Bertz CT molecular complexity index is 805. The summed E-state index contributed by atoms with van der Waals surface area (Å²) in [6.45, 7) is 0.305. The van der Waals surface area contributed by atoms with Crippen molar-refractivity contribution in [2.45, 2.75) is 23.8 Å². The molecule has 0 radical (unpaired) electrons. The van der Waals surface area contributed by atoms with Crippen LogP contribution >= 0.6 is 11.6 Å². The lowest BCUT2D eigenvalue weighted by atomic mass is 10.2. The van der Waals surface area contributed by atoms with Crippen LogP contribution in [0.15, 0.2) is 53.4 Å². The minimum Gasteiger partial charge on any atom is -0.457 e. The fraction of sp³-hybridized carbons (Fsp3) is 0.294. The van der Waals surface area contributed by atoms with Crippen molar-refractivity contribution in [3.8, 4) is 11.5 Å². The zero-order valence-electron chi connectivity index (χ0n) is 13.0. The maximum absolute atomic E-state index is 12.4. The van der Waals surface area contributed by atoms with E-state index in [0.717, 1.165) is 12.8 Å². The van der Waals surface area contributed by atoms with Gasteiger partial charge in [0.05, 0.1) is 4.90 Å². The Morgan fingerprint density at radius 2 is 1.88 bits per heavy atom. The molecule has 7 heteroatoms. The van der Waals surface area contributed by atoms with Crippen molar-refractivity contribution >= 4 is 21.6 Å². The number of sulfonamides is 1. The van der Waals surface area contributed by atoms with Gasteiger partial charge in [-0.2, -0.15) is 0 Å². The molecule has 2 aromatic carbocycles. The summed E-state index contributed by atoms with van der Waals surface area (Å²) in [6, 6.07) is 13.1. The topological polar surface area (TPSA) is 81.4 Å². The van der Waals surface area contributed by atoms with Crippen molar-refractivity contribution in [3.63, 3.8) is 0 Å². The molecule has 128 valence electrons. The molecule has 1 aliphatic carbocycles. The molecule has 0 bridgehead atoms. The van der Waals surface area contributed by atoms with Crippen LogP contribution in [0.25, 0.3) is 0 Å². The Morgan fingerprint density at radius 3 is 2.46 bits per heavy atom. The van der Waals surface area contributed by atoms with Gasteiger partial charge in [-0.3, -0.25) is 0 Å². The third-order valence-corrected chi connectivity index (χ3v) is 5.66.